The van der Waals surface area contributed by atoms with Crippen LogP contribution in [0, 0.1) is 0 Å². The van der Waals surface area contributed by atoms with Crippen LogP contribution < -0.4 is 11.1 Å². The summed E-state index contributed by atoms with van der Waals surface area (Å²) in [6.45, 7) is 4.58. The van der Waals surface area contributed by atoms with Crippen LogP contribution in [0.1, 0.15) is 37.8 Å². The van der Waals surface area contributed by atoms with Gasteiger partial charge in [0.25, 0.3) is 0 Å². The van der Waals surface area contributed by atoms with E-state index in [1.165, 1.54) is 22.3 Å². The fraction of sp³-hybridized carbons (Fsp3) is 0.217. The third-order valence-electron chi connectivity index (χ3n) is 5.70. The summed E-state index contributed by atoms with van der Waals surface area (Å²) in [4.78, 5) is 0. The van der Waals surface area contributed by atoms with Gasteiger partial charge in [0.2, 0.25) is 0 Å². The molecule has 3 aromatic rings. The molecule has 3 N–H and O–H groups in total. The molecule has 126 valence electrons. The van der Waals surface area contributed by atoms with Crippen LogP contribution in [-0.2, 0) is 5.41 Å². The van der Waals surface area contributed by atoms with Gasteiger partial charge in [0, 0.05) is 11.1 Å². The zero-order valence-electron chi connectivity index (χ0n) is 14.8. The van der Waals surface area contributed by atoms with Crippen LogP contribution in [0.2, 0.25) is 0 Å². The van der Waals surface area contributed by atoms with Gasteiger partial charge in [-0.3, -0.25) is 0 Å². The second-order valence-corrected chi connectivity index (χ2v) is 6.81. The fourth-order valence-corrected chi connectivity index (χ4v) is 4.31. The Labute approximate surface area is 149 Å². The van der Waals surface area contributed by atoms with E-state index < -0.39 is 0 Å². The molecular weight excluding hydrogens is 304 g/mol. The third kappa shape index (κ3) is 2.32. The lowest BCUT2D eigenvalue weighted by atomic mass is 9.74. The highest BCUT2D eigenvalue weighted by atomic mass is 14.9. The molecule has 0 unspecified atom stereocenters. The van der Waals surface area contributed by atoms with Crippen molar-refractivity contribution >= 4 is 17.1 Å². The Hall–Kier alpha value is -2.74. The standard InChI is InChI=1S/C23H24N2/c1-3-23(4-2)19-13-9-8-12-17(19)18-14-21(24)22(15-20(18)23)25-16-10-6-5-7-11-16/h5-15,25H,3-4,24H2,1-2H3. The molecule has 1 aliphatic carbocycles. The lowest BCUT2D eigenvalue weighted by Gasteiger charge is -2.30. The molecule has 25 heavy (non-hydrogen) atoms. The Morgan fingerprint density at radius 3 is 2.20 bits per heavy atom. The maximum absolute atomic E-state index is 6.41. The molecule has 0 saturated heterocycles. The van der Waals surface area contributed by atoms with Crippen molar-refractivity contribution in [3.8, 4) is 11.1 Å². The SMILES string of the molecule is CCC1(CC)c2ccccc2-c2cc(N)c(Nc3ccccc3)cc21. The van der Waals surface area contributed by atoms with Gasteiger partial charge in [0.05, 0.1) is 11.4 Å². The van der Waals surface area contributed by atoms with E-state index in [2.05, 4.69) is 67.7 Å². The molecule has 1 aliphatic rings. The lowest BCUT2D eigenvalue weighted by molar-refractivity contribution is 0.490. The van der Waals surface area contributed by atoms with Crippen molar-refractivity contribution < 1.29 is 0 Å². The first kappa shape index (κ1) is 15.8. The van der Waals surface area contributed by atoms with E-state index in [-0.39, 0.29) is 5.41 Å². The summed E-state index contributed by atoms with van der Waals surface area (Å²) in [6, 6.07) is 23.4. The van der Waals surface area contributed by atoms with Crippen LogP contribution in [0.4, 0.5) is 17.1 Å². The Bertz CT molecular complexity index is 909. The summed E-state index contributed by atoms with van der Waals surface area (Å²) in [5.41, 5.74) is 14.8. The quantitative estimate of drug-likeness (QED) is 0.568. The monoisotopic (exact) mass is 328 g/mol. The van der Waals surface area contributed by atoms with E-state index >= 15 is 0 Å². The molecule has 0 aliphatic heterocycles. The summed E-state index contributed by atoms with van der Waals surface area (Å²) >= 11 is 0. The van der Waals surface area contributed by atoms with Crippen LogP contribution in [0.25, 0.3) is 11.1 Å². The number of nitrogens with one attached hydrogen (secondary N) is 1. The molecule has 2 nitrogen and oxygen atoms in total. The van der Waals surface area contributed by atoms with Crippen LogP contribution in [0.3, 0.4) is 0 Å². The van der Waals surface area contributed by atoms with E-state index in [0.29, 0.717) is 0 Å². The fourth-order valence-electron chi connectivity index (χ4n) is 4.31. The van der Waals surface area contributed by atoms with Crippen LogP contribution in [-0.4, -0.2) is 0 Å². The highest BCUT2D eigenvalue weighted by molar-refractivity contribution is 5.88. The summed E-state index contributed by atoms with van der Waals surface area (Å²) in [7, 11) is 0. The van der Waals surface area contributed by atoms with Gasteiger partial charge < -0.3 is 11.1 Å². The third-order valence-corrected chi connectivity index (χ3v) is 5.70. The molecule has 2 heteroatoms. The normalized spacial score (nSPS) is 14.0. The molecule has 0 heterocycles. The molecule has 0 spiro atoms. The van der Waals surface area contributed by atoms with E-state index in [1.807, 2.05) is 18.2 Å². The molecule has 0 atom stereocenters. The Balaban J connectivity index is 1.89. The van der Waals surface area contributed by atoms with Crippen LogP contribution in [0.5, 0.6) is 0 Å². The average molecular weight is 328 g/mol. The van der Waals surface area contributed by atoms with Gasteiger partial charge in [-0.2, -0.15) is 0 Å². The molecule has 0 fully saturated rings. The lowest BCUT2D eigenvalue weighted by Crippen LogP contribution is -2.23. The van der Waals surface area contributed by atoms with E-state index in [0.717, 1.165) is 29.9 Å². The molecule has 3 aromatic carbocycles. The highest BCUT2D eigenvalue weighted by Crippen LogP contribution is 2.54. The van der Waals surface area contributed by atoms with Gasteiger partial charge in [-0.25, -0.2) is 0 Å². The predicted molar refractivity (Wildman–Crippen MR) is 107 cm³/mol. The maximum atomic E-state index is 6.41. The van der Waals surface area contributed by atoms with Crippen molar-refractivity contribution in [1.29, 1.82) is 0 Å². The number of nitrogens with two attached hydrogens (primary N) is 1. The first-order chi connectivity index (χ1) is 12.2. The zero-order chi connectivity index (χ0) is 17.4. The number of benzene rings is 3. The molecule has 0 saturated carbocycles. The smallest absolute Gasteiger partial charge is 0.0621 e. The van der Waals surface area contributed by atoms with Crippen molar-refractivity contribution in [2.24, 2.45) is 0 Å². The molecule has 0 aromatic heterocycles. The van der Waals surface area contributed by atoms with Crippen molar-refractivity contribution in [3.63, 3.8) is 0 Å². The van der Waals surface area contributed by atoms with E-state index in [9.17, 15) is 0 Å². The van der Waals surface area contributed by atoms with Crippen LogP contribution >= 0.6 is 0 Å². The minimum atomic E-state index is 0.0761. The number of hydrogen-bond acceptors (Lipinski definition) is 2. The molecular formula is C23H24N2. The number of anilines is 3. The Morgan fingerprint density at radius 1 is 0.800 bits per heavy atom. The predicted octanol–water partition coefficient (Wildman–Crippen LogP) is 6.10. The van der Waals surface area contributed by atoms with Crippen LogP contribution in [0.15, 0.2) is 66.7 Å². The number of fused-ring (bicyclic) bond motifs is 3. The molecule has 0 radical (unpaired) electrons. The van der Waals surface area contributed by atoms with Gasteiger partial charge in [-0.1, -0.05) is 56.3 Å². The molecule has 4 rings (SSSR count). The van der Waals surface area contributed by atoms with Gasteiger partial charge in [0.1, 0.15) is 0 Å². The summed E-state index contributed by atoms with van der Waals surface area (Å²) in [6.07, 6.45) is 2.17. The van der Waals surface area contributed by atoms with Gasteiger partial charge in [-0.15, -0.1) is 0 Å². The van der Waals surface area contributed by atoms with Crippen molar-refractivity contribution in [3.05, 3.63) is 77.9 Å². The number of hydrogen-bond donors (Lipinski definition) is 2. The Kier molecular flexibility index (Phi) is 3.76. The average Bonchev–Trinajstić information content (AvgIpc) is 2.92. The number of para-hydroxylation sites is 1. The largest absolute Gasteiger partial charge is 0.397 e. The second-order valence-electron chi connectivity index (χ2n) is 6.81. The van der Waals surface area contributed by atoms with Gasteiger partial charge in [0.15, 0.2) is 0 Å². The first-order valence-electron chi connectivity index (χ1n) is 9.05. The molecule has 0 bridgehead atoms. The summed E-state index contributed by atoms with van der Waals surface area (Å²) < 4.78 is 0. The summed E-state index contributed by atoms with van der Waals surface area (Å²) in [5.74, 6) is 0. The van der Waals surface area contributed by atoms with Gasteiger partial charge >= 0.3 is 0 Å². The topological polar surface area (TPSA) is 38.0 Å². The van der Waals surface area contributed by atoms with Crippen molar-refractivity contribution in [2.75, 3.05) is 11.1 Å². The minimum Gasteiger partial charge on any atom is -0.397 e. The number of nitrogen functional groups attached to an aromatic ring is 1. The Morgan fingerprint density at radius 2 is 1.48 bits per heavy atom. The van der Waals surface area contributed by atoms with Crippen molar-refractivity contribution in [1.82, 2.24) is 0 Å². The second kappa shape index (κ2) is 5.96. The number of rotatable bonds is 4. The summed E-state index contributed by atoms with van der Waals surface area (Å²) in [5, 5.41) is 3.49. The van der Waals surface area contributed by atoms with Gasteiger partial charge in [-0.05, 0) is 59.4 Å². The minimum absolute atomic E-state index is 0.0761. The zero-order valence-corrected chi connectivity index (χ0v) is 14.8. The maximum Gasteiger partial charge on any atom is 0.0621 e. The van der Waals surface area contributed by atoms with E-state index in [1.54, 1.807) is 0 Å². The highest BCUT2D eigenvalue weighted by Gasteiger charge is 2.40. The first-order valence-corrected chi connectivity index (χ1v) is 9.05. The van der Waals surface area contributed by atoms with E-state index in [4.69, 9.17) is 5.73 Å². The molecule has 0 amide bonds. The van der Waals surface area contributed by atoms with Crippen molar-refractivity contribution in [2.45, 2.75) is 32.1 Å².